The SMILES string of the molecule is C=CCCOCCOCCOCCOCC(=O)C(C)CCC. The second-order valence-electron chi connectivity index (χ2n) is 5.12. The van der Waals surface area contributed by atoms with Gasteiger partial charge < -0.3 is 18.9 Å². The number of carbonyl (C=O) groups excluding carboxylic acids is 1. The van der Waals surface area contributed by atoms with Crippen LogP contribution in [-0.2, 0) is 23.7 Å². The maximum absolute atomic E-state index is 11.6. The summed E-state index contributed by atoms with van der Waals surface area (Å²) in [6.45, 7) is 11.7. The standard InChI is InChI=1S/C17H32O5/c1-4-6-8-19-9-10-20-11-12-21-13-14-22-15-17(18)16(3)7-5-2/h4,16H,1,5-15H2,2-3H3. The number of hydrogen-bond acceptors (Lipinski definition) is 5. The minimum Gasteiger partial charge on any atom is -0.379 e. The summed E-state index contributed by atoms with van der Waals surface area (Å²) >= 11 is 0. The Hall–Kier alpha value is -0.750. The molecule has 0 aromatic carbocycles. The molecule has 1 atom stereocenters. The van der Waals surface area contributed by atoms with E-state index in [1.165, 1.54) is 0 Å². The molecular formula is C17H32O5. The lowest BCUT2D eigenvalue weighted by Crippen LogP contribution is -2.19. The Bertz CT molecular complexity index is 268. The number of carbonyl (C=O) groups is 1. The molecule has 0 rings (SSSR count). The van der Waals surface area contributed by atoms with Crippen molar-refractivity contribution < 1.29 is 23.7 Å². The molecule has 0 heterocycles. The molecule has 0 amide bonds. The van der Waals surface area contributed by atoms with E-state index < -0.39 is 0 Å². The second-order valence-corrected chi connectivity index (χ2v) is 5.12. The number of rotatable bonds is 17. The van der Waals surface area contributed by atoms with Crippen LogP contribution in [0.15, 0.2) is 12.7 Å². The topological polar surface area (TPSA) is 54.0 Å². The third-order valence-electron chi connectivity index (χ3n) is 3.10. The third kappa shape index (κ3) is 14.2. The fourth-order valence-corrected chi connectivity index (χ4v) is 1.74. The highest BCUT2D eigenvalue weighted by atomic mass is 16.6. The zero-order valence-corrected chi connectivity index (χ0v) is 14.2. The van der Waals surface area contributed by atoms with E-state index in [9.17, 15) is 4.79 Å². The van der Waals surface area contributed by atoms with Crippen molar-refractivity contribution in [3.05, 3.63) is 12.7 Å². The first-order valence-corrected chi connectivity index (χ1v) is 8.16. The Morgan fingerprint density at radius 3 is 1.95 bits per heavy atom. The lowest BCUT2D eigenvalue weighted by molar-refractivity contribution is -0.127. The van der Waals surface area contributed by atoms with Gasteiger partial charge in [-0.15, -0.1) is 6.58 Å². The maximum Gasteiger partial charge on any atom is 0.161 e. The molecule has 0 fully saturated rings. The summed E-state index contributed by atoms with van der Waals surface area (Å²) in [6, 6.07) is 0. The molecule has 0 saturated heterocycles. The normalized spacial score (nSPS) is 12.3. The van der Waals surface area contributed by atoms with E-state index >= 15 is 0 Å². The van der Waals surface area contributed by atoms with Crippen molar-refractivity contribution >= 4 is 5.78 Å². The van der Waals surface area contributed by atoms with Gasteiger partial charge in [0.1, 0.15) is 6.61 Å². The van der Waals surface area contributed by atoms with Gasteiger partial charge >= 0.3 is 0 Å². The molecule has 0 bridgehead atoms. The van der Waals surface area contributed by atoms with Crippen LogP contribution in [0.1, 0.15) is 33.1 Å². The smallest absolute Gasteiger partial charge is 0.161 e. The minimum atomic E-state index is 0.0908. The molecule has 0 aliphatic carbocycles. The third-order valence-corrected chi connectivity index (χ3v) is 3.10. The van der Waals surface area contributed by atoms with Gasteiger partial charge in [0.25, 0.3) is 0 Å². The first kappa shape index (κ1) is 21.2. The Morgan fingerprint density at radius 2 is 1.45 bits per heavy atom. The summed E-state index contributed by atoms with van der Waals surface area (Å²) in [5.41, 5.74) is 0. The highest BCUT2D eigenvalue weighted by Gasteiger charge is 2.11. The number of ketones is 1. The van der Waals surface area contributed by atoms with Crippen LogP contribution >= 0.6 is 0 Å². The van der Waals surface area contributed by atoms with Crippen molar-refractivity contribution in [3.63, 3.8) is 0 Å². The molecule has 0 spiro atoms. The van der Waals surface area contributed by atoms with Crippen LogP contribution in [0, 0.1) is 5.92 Å². The van der Waals surface area contributed by atoms with E-state index in [1.807, 2.05) is 13.0 Å². The van der Waals surface area contributed by atoms with Gasteiger partial charge in [-0.1, -0.05) is 26.3 Å². The average Bonchev–Trinajstić information content (AvgIpc) is 2.51. The van der Waals surface area contributed by atoms with Crippen LogP contribution in [0.5, 0.6) is 0 Å². The maximum atomic E-state index is 11.6. The van der Waals surface area contributed by atoms with Crippen molar-refractivity contribution in [2.75, 3.05) is 52.9 Å². The zero-order chi connectivity index (χ0) is 16.5. The summed E-state index contributed by atoms with van der Waals surface area (Å²) < 4.78 is 21.3. The molecule has 130 valence electrons. The molecular weight excluding hydrogens is 284 g/mol. The largest absolute Gasteiger partial charge is 0.379 e. The number of ether oxygens (including phenoxy) is 4. The predicted octanol–water partition coefficient (Wildman–Crippen LogP) is 2.63. The zero-order valence-electron chi connectivity index (χ0n) is 14.2. The Kier molecular flexibility index (Phi) is 16.1. The molecule has 0 aromatic heterocycles. The molecule has 0 aromatic rings. The lowest BCUT2D eigenvalue weighted by Gasteiger charge is -2.10. The van der Waals surface area contributed by atoms with E-state index in [-0.39, 0.29) is 18.3 Å². The van der Waals surface area contributed by atoms with Gasteiger partial charge in [0.05, 0.1) is 46.2 Å². The first-order valence-electron chi connectivity index (χ1n) is 8.16. The van der Waals surface area contributed by atoms with Crippen LogP contribution in [0.25, 0.3) is 0 Å². The van der Waals surface area contributed by atoms with E-state index in [0.717, 1.165) is 19.3 Å². The highest BCUT2D eigenvalue weighted by Crippen LogP contribution is 2.06. The van der Waals surface area contributed by atoms with Gasteiger partial charge in [-0.25, -0.2) is 0 Å². The van der Waals surface area contributed by atoms with Gasteiger partial charge in [-0.2, -0.15) is 0 Å². The van der Waals surface area contributed by atoms with Crippen molar-refractivity contribution in [2.24, 2.45) is 5.92 Å². The van der Waals surface area contributed by atoms with Crippen molar-refractivity contribution in [1.82, 2.24) is 0 Å². The lowest BCUT2D eigenvalue weighted by atomic mass is 10.0. The summed E-state index contributed by atoms with van der Waals surface area (Å²) in [5.74, 6) is 0.259. The Balaban J connectivity index is 3.17. The van der Waals surface area contributed by atoms with Gasteiger partial charge in [0.15, 0.2) is 5.78 Å². The molecule has 0 saturated carbocycles. The minimum absolute atomic E-state index is 0.0908. The van der Waals surface area contributed by atoms with Gasteiger partial charge in [-0.3, -0.25) is 4.79 Å². The molecule has 0 aliphatic heterocycles. The van der Waals surface area contributed by atoms with E-state index in [4.69, 9.17) is 18.9 Å². The van der Waals surface area contributed by atoms with Crippen molar-refractivity contribution in [2.45, 2.75) is 33.1 Å². The van der Waals surface area contributed by atoms with Crippen LogP contribution < -0.4 is 0 Å². The highest BCUT2D eigenvalue weighted by molar-refractivity contribution is 5.81. The Labute approximate surface area is 135 Å². The van der Waals surface area contributed by atoms with Crippen LogP contribution in [0.4, 0.5) is 0 Å². The quantitative estimate of drug-likeness (QED) is 0.305. The van der Waals surface area contributed by atoms with Crippen molar-refractivity contribution in [3.8, 4) is 0 Å². The average molecular weight is 316 g/mol. The van der Waals surface area contributed by atoms with Gasteiger partial charge in [0.2, 0.25) is 0 Å². The monoisotopic (exact) mass is 316 g/mol. The summed E-state index contributed by atoms with van der Waals surface area (Å²) in [7, 11) is 0. The Morgan fingerprint density at radius 1 is 0.955 bits per heavy atom. The number of hydrogen-bond donors (Lipinski definition) is 0. The van der Waals surface area contributed by atoms with E-state index in [2.05, 4.69) is 13.5 Å². The fourth-order valence-electron chi connectivity index (χ4n) is 1.74. The van der Waals surface area contributed by atoms with Crippen LogP contribution in [-0.4, -0.2) is 58.6 Å². The van der Waals surface area contributed by atoms with Crippen molar-refractivity contribution in [1.29, 1.82) is 0 Å². The fraction of sp³-hybridized carbons (Fsp3) is 0.824. The molecule has 1 unspecified atom stereocenters. The summed E-state index contributed by atoms with van der Waals surface area (Å²) in [4.78, 5) is 11.6. The van der Waals surface area contributed by atoms with Crippen LogP contribution in [0.2, 0.25) is 0 Å². The van der Waals surface area contributed by atoms with Gasteiger partial charge in [-0.05, 0) is 12.8 Å². The molecule has 5 heteroatoms. The number of Topliss-reactive ketones (excluding diaryl/α,β-unsaturated/α-hetero) is 1. The summed E-state index contributed by atoms with van der Waals surface area (Å²) in [6.07, 6.45) is 4.64. The first-order chi connectivity index (χ1) is 10.7. The molecule has 0 N–H and O–H groups in total. The molecule has 22 heavy (non-hydrogen) atoms. The predicted molar refractivity (Wildman–Crippen MR) is 87.2 cm³/mol. The van der Waals surface area contributed by atoms with Crippen LogP contribution in [0.3, 0.4) is 0 Å². The van der Waals surface area contributed by atoms with E-state index in [1.54, 1.807) is 0 Å². The van der Waals surface area contributed by atoms with Gasteiger partial charge in [0, 0.05) is 5.92 Å². The molecule has 0 radical (unpaired) electrons. The molecule has 5 nitrogen and oxygen atoms in total. The summed E-state index contributed by atoms with van der Waals surface area (Å²) in [5, 5.41) is 0. The second kappa shape index (κ2) is 16.6. The van der Waals surface area contributed by atoms with E-state index in [0.29, 0.717) is 46.2 Å². The molecule has 0 aliphatic rings.